The molecule has 3 aliphatic heterocycles. The highest BCUT2D eigenvalue weighted by Gasteiger charge is 2.44. The van der Waals surface area contributed by atoms with Crippen LogP contribution in [0.25, 0.3) is 0 Å². The second kappa shape index (κ2) is 10.5. The maximum atomic E-state index is 13.9. The van der Waals surface area contributed by atoms with E-state index >= 15 is 0 Å². The number of alkyl halides is 3. The molecule has 0 aromatic heterocycles. The van der Waals surface area contributed by atoms with Gasteiger partial charge in [0.15, 0.2) is 0 Å². The van der Waals surface area contributed by atoms with E-state index in [4.69, 9.17) is 9.47 Å². The average molecular weight is 518 g/mol. The van der Waals surface area contributed by atoms with Crippen molar-refractivity contribution >= 4 is 11.6 Å². The van der Waals surface area contributed by atoms with Gasteiger partial charge in [0.25, 0.3) is 0 Å². The first-order valence-electron chi connectivity index (χ1n) is 13.0. The molecular weight excluding hydrogens is 483 g/mol. The molecule has 37 heavy (non-hydrogen) atoms. The van der Waals surface area contributed by atoms with Gasteiger partial charge in [-0.3, -0.25) is 9.69 Å². The molecule has 2 saturated heterocycles. The Hall–Kier alpha value is -2.78. The predicted octanol–water partition coefficient (Wildman–Crippen LogP) is 4.08. The van der Waals surface area contributed by atoms with E-state index in [2.05, 4.69) is 9.80 Å². The van der Waals surface area contributed by atoms with E-state index in [1.165, 1.54) is 6.07 Å². The predicted molar refractivity (Wildman–Crippen MR) is 135 cm³/mol. The number of fused-ring (bicyclic) bond motifs is 3. The second-order valence-corrected chi connectivity index (χ2v) is 10.4. The number of hydrogen-bond donors (Lipinski definition) is 0. The van der Waals surface area contributed by atoms with Crippen LogP contribution in [0.15, 0.2) is 48.5 Å². The monoisotopic (exact) mass is 517 g/mol. The summed E-state index contributed by atoms with van der Waals surface area (Å²) >= 11 is 0. The number of benzene rings is 2. The van der Waals surface area contributed by atoms with Crippen molar-refractivity contribution in [1.82, 2.24) is 9.80 Å². The lowest BCUT2D eigenvalue weighted by Crippen LogP contribution is -2.62. The van der Waals surface area contributed by atoms with Crippen molar-refractivity contribution in [3.05, 3.63) is 59.7 Å². The molecule has 3 heterocycles. The molecule has 2 fully saturated rings. The second-order valence-electron chi connectivity index (χ2n) is 10.4. The lowest BCUT2D eigenvalue weighted by atomic mass is 9.82. The summed E-state index contributed by atoms with van der Waals surface area (Å²) in [5, 5.41) is 0. The lowest BCUT2D eigenvalue weighted by molar-refractivity contribution is -0.148. The molecule has 3 aliphatic rings. The van der Waals surface area contributed by atoms with Gasteiger partial charge in [0, 0.05) is 45.0 Å². The molecule has 0 bridgehead atoms. The number of para-hydroxylation sites is 1. The number of carbonyl (C=O) groups is 1. The Morgan fingerprint density at radius 2 is 1.76 bits per heavy atom. The number of morpholine rings is 1. The van der Waals surface area contributed by atoms with Crippen LogP contribution in [-0.4, -0.2) is 79.8 Å². The maximum absolute atomic E-state index is 13.9. The van der Waals surface area contributed by atoms with Gasteiger partial charge in [-0.25, -0.2) is 0 Å². The molecular formula is C28H34F3N3O3. The van der Waals surface area contributed by atoms with Crippen molar-refractivity contribution in [2.45, 2.75) is 44.7 Å². The fraction of sp³-hybridized carbons (Fsp3) is 0.536. The quantitative estimate of drug-likeness (QED) is 0.598. The molecule has 0 N–H and O–H groups in total. The molecule has 5 rings (SSSR count). The first kappa shape index (κ1) is 25.9. The Bertz CT molecular complexity index is 1090. The van der Waals surface area contributed by atoms with Crippen LogP contribution in [0.2, 0.25) is 0 Å². The lowest BCUT2D eigenvalue weighted by Gasteiger charge is -2.50. The van der Waals surface area contributed by atoms with Gasteiger partial charge in [-0.15, -0.1) is 0 Å². The topological polar surface area (TPSA) is 45.3 Å². The molecule has 1 amide bonds. The summed E-state index contributed by atoms with van der Waals surface area (Å²) in [6.07, 6.45) is -4.27. The molecule has 0 unspecified atom stereocenters. The van der Waals surface area contributed by atoms with E-state index in [0.29, 0.717) is 51.3 Å². The standard InChI is InChI=1S/C28H34F3N3O3/c1-19-16-33(17-20(2)37-19)27(35)24-15-21-14-22(28(29,30)31)8-9-25(21)34-11-10-32(18-26(24)34)12-13-36-23-6-4-3-5-7-23/h3-9,14,19-20,24,26H,10-13,15-18H2,1-2H3/t19-,20+,24-,26+/m1/s1. The fourth-order valence-electron chi connectivity index (χ4n) is 5.95. The number of anilines is 1. The molecule has 2 aromatic carbocycles. The van der Waals surface area contributed by atoms with Gasteiger partial charge in [0.2, 0.25) is 5.91 Å². The highest BCUT2D eigenvalue weighted by Crippen LogP contribution is 2.40. The van der Waals surface area contributed by atoms with Crippen molar-refractivity contribution in [2.24, 2.45) is 5.92 Å². The van der Waals surface area contributed by atoms with Crippen molar-refractivity contribution in [2.75, 3.05) is 50.8 Å². The third-order valence-corrected chi connectivity index (χ3v) is 7.59. The van der Waals surface area contributed by atoms with Gasteiger partial charge in [-0.05, 0) is 56.2 Å². The molecule has 2 aromatic rings. The van der Waals surface area contributed by atoms with E-state index < -0.39 is 17.7 Å². The summed E-state index contributed by atoms with van der Waals surface area (Å²) in [6, 6.07) is 13.5. The molecule has 0 radical (unpaired) electrons. The summed E-state index contributed by atoms with van der Waals surface area (Å²) in [5.41, 5.74) is 0.742. The zero-order valence-corrected chi connectivity index (χ0v) is 21.3. The van der Waals surface area contributed by atoms with Gasteiger partial charge >= 0.3 is 6.18 Å². The first-order chi connectivity index (χ1) is 17.7. The van der Waals surface area contributed by atoms with E-state index in [9.17, 15) is 18.0 Å². The van der Waals surface area contributed by atoms with E-state index in [0.717, 1.165) is 24.0 Å². The first-order valence-corrected chi connectivity index (χ1v) is 13.0. The Morgan fingerprint density at radius 1 is 1.03 bits per heavy atom. The SMILES string of the molecule is C[C@@H]1CN(C(=O)[C@@H]2Cc3cc(C(F)(F)F)ccc3N3CCN(CCOc4ccccc4)C[C@@H]23)C[C@H](C)O1. The molecule has 9 heteroatoms. The van der Waals surface area contributed by atoms with Crippen LogP contribution in [-0.2, 0) is 22.1 Å². The minimum atomic E-state index is -4.42. The number of nitrogens with zero attached hydrogens (tertiary/aromatic N) is 3. The summed E-state index contributed by atoms with van der Waals surface area (Å²) in [7, 11) is 0. The number of carbonyl (C=O) groups excluding carboxylic acids is 1. The number of hydrogen-bond acceptors (Lipinski definition) is 5. The minimum absolute atomic E-state index is 0.00227. The zero-order chi connectivity index (χ0) is 26.2. The highest BCUT2D eigenvalue weighted by molar-refractivity contribution is 5.82. The van der Waals surface area contributed by atoms with Crippen LogP contribution < -0.4 is 9.64 Å². The number of halogens is 3. The number of ether oxygens (including phenoxy) is 2. The molecule has 4 atom stereocenters. The molecule has 0 spiro atoms. The third-order valence-electron chi connectivity index (χ3n) is 7.59. The summed E-state index contributed by atoms with van der Waals surface area (Å²) in [6.45, 7) is 8.18. The normalized spacial score (nSPS) is 26.4. The number of rotatable bonds is 5. The molecule has 200 valence electrons. The highest BCUT2D eigenvalue weighted by atomic mass is 19.4. The van der Waals surface area contributed by atoms with Crippen LogP contribution in [0.3, 0.4) is 0 Å². The van der Waals surface area contributed by atoms with Crippen LogP contribution in [0, 0.1) is 5.92 Å². The number of piperazine rings is 1. The van der Waals surface area contributed by atoms with Crippen molar-refractivity contribution < 1.29 is 27.4 Å². The third kappa shape index (κ3) is 5.72. The van der Waals surface area contributed by atoms with Gasteiger partial charge in [-0.1, -0.05) is 18.2 Å². The summed E-state index contributed by atoms with van der Waals surface area (Å²) in [4.78, 5) is 20.2. The maximum Gasteiger partial charge on any atom is 0.416 e. The van der Waals surface area contributed by atoms with Gasteiger partial charge < -0.3 is 19.3 Å². The molecule has 6 nitrogen and oxygen atoms in total. The van der Waals surface area contributed by atoms with E-state index in [1.807, 2.05) is 49.1 Å². The van der Waals surface area contributed by atoms with E-state index in [1.54, 1.807) is 6.07 Å². The molecule has 0 saturated carbocycles. The Labute approximate surface area is 215 Å². The Kier molecular flexibility index (Phi) is 7.36. The smallest absolute Gasteiger partial charge is 0.416 e. The van der Waals surface area contributed by atoms with E-state index in [-0.39, 0.29) is 24.2 Å². The van der Waals surface area contributed by atoms with Crippen LogP contribution in [0.4, 0.5) is 18.9 Å². The van der Waals surface area contributed by atoms with Crippen molar-refractivity contribution in [3.63, 3.8) is 0 Å². The van der Waals surface area contributed by atoms with Gasteiger partial charge in [0.1, 0.15) is 12.4 Å². The van der Waals surface area contributed by atoms with Gasteiger partial charge in [-0.2, -0.15) is 13.2 Å². The van der Waals surface area contributed by atoms with Crippen LogP contribution in [0.1, 0.15) is 25.0 Å². The Balaban J connectivity index is 1.37. The van der Waals surface area contributed by atoms with Crippen LogP contribution >= 0.6 is 0 Å². The van der Waals surface area contributed by atoms with Crippen molar-refractivity contribution in [3.8, 4) is 5.75 Å². The number of amides is 1. The molecule has 0 aliphatic carbocycles. The minimum Gasteiger partial charge on any atom is -0.492 e. The zero-order valence-electron chi connectivity index (χ0n) is 21.3. The van der Waals surface area contributed by atoms with Gasteiger partial charge in [0.05, 0.1) is 29.7 Å². The average Bonchev–Trinajstić information content (AvgIpc) is 2.87. The largest absolute Gasteiger partial charge is 0.492 e. The van der Waals surface area contributed by atoms with Crippen LogP contribution in [0.5, 0.6) is 5.75 Å². The summed E-state index contributed by atoms with van der Waals surface area (Å²) < 4.78 is 52.2. The summed E-state index contributed by atoms with van der Waals surface area (Å²) in [5.74, 6) is 0.394. The Morgan fingerprint density at radius 3 is 2.46 bits per heavy atom. The van der Waals surface area contributed by atoms with Crippen molar-refractivity contribution in [1.29, 1.82) is 0 Å². The fourth-order valence-corrected chi connectivity index (χ4v) is 5.95.